The first kappa shape index (κ1) is 31.6. The first-order valence-electron chi connectivity index (χ1n) is 13.6. The summed E-state index contributed by atoms with van der Waals surface area (Å²) in [5, 5.41) is 6.06. The second kappa shape index (κ2) is 15.6. The largest absolute Gasteiger partial charge is 0.351 e. The molecule has 7 nitrogen and oxygen atoms in total. The van der Waals surface area contributed by atoms with Crippen LogP contribution in [-0.4, -0.2) is 53.8 Å². The minimum absolute atomic E-state index is 0.0128. The topological polar surface area (TPSA) is 105 Å². The number of amides is 3. The van der Waals surface area contributed by atoms with Crippen molar-refractivity contribution in [3.63, 3.8) is 0 Å². The third kappa shape index (κ3) is 9.57. The Labute approximate surface area is 219 Å². The van der Waals surface area contributed by atoms with Gasteiger partial charge in [-0.25, -0.2) is 0 Å². The molecule has 3 amide bonds. The second-order valence-electron chi connectivity index (χ2n) is 10.6. The van der Waals surface area contributed by atoms with Gasteiger partial charge in [0, 0.05) is 37.5 Å². The SMILES string of the molecule is CCC(CC)N(C)C(=O)C(NC(=O)C[C@H](N)C(Cc1ccccc1)NC(=O)C(C)C(C)C)[C@@H](C)CC. The minimum Gasteiger partial charge on any atom is -0.351 e. The van der Waals surface area contributed by atoms with Crippen LogP contribution in [0, 0.1) is 17.8 Å². The molecular formula is C29H50N4O3. The number of rotatable bonds is 15. The Kier molecular flexibility index (Phi) is 13.7. The molecule has 4 N–H and O–H groups in total. The molecule has 0 aromatic heterocycles. The molecule has 0 radical (unpaired) electrons. The molecule has 3 unspecified atom stereocenters. The molecule has 204 valence electrons. The molecule has 0 spiro atoms. The van der Waals surface area contributed by atoms with Gasteiger partial charge in [0.15, 0.2) is 0 Å². The second-order valence-corrected chi connectivity index (χ2v) is 10.6. The maximum absolute atomic E-state index is 13.3. The number of hydrogen-bond acceptors (Lipinski definition) is 4. The van der Waals surface area contributed by atoms with E-state index in [9.17, 15) is 14.4 Å². The molecular weight excluding hydrogens is 452 g/mol. The lowest BCUT2D eigenvalue weighted by Crippen LogP contribution is -2.55. The Morgan fingerprint density at radius 3 is 2.00 bits per heavy atom. The molecule has 7 heteroatoms. The highest BCUT2D eigenvalue weighted by atomic mass is 16.2. The fourth-order valence-electron chi connectivity index (χ4n) is 4.30. The minimum atomic E-state index is -0.608. The van der Waals surface area contributed by atoms with E-state index in [1.54, 1.807) is 4.90 Å². The highest BCUT2D eigenvalue weighted by Gasteiger charge is 2.32. The van der Waals surface area contributed by atoms with Crippen molar-refractivity contribution >= 4 is 17.7 Å². The van der Waals surface area contributed by atoms with E-state index in [4.69, 9.17) is 5.73 Å². The van der Waals surface area contributed by atoms with Crippen LogP contribution in [0.25, 0.3) is 0 Å². The van der Waals surface area contributed by atoms with Gasteiger partial charge < -0.3 is 21.3 Å². The molecule has 0 aliphatic rings. The Balaban J connectivity index is 3.01. The van der Waals surface area contributed by atoms with E-state index < -0.39 is 18.1 Å². The van der Waals surface area contributed by atoms with Crippen molar-refractivity contribution < 1.29 is 14.4 Å². The number of likely N-dealkylation sites (N-methyl/N-ethyl adjacent to an activating group) is 1. The van der Waals surface area contributed by atoms with E-state index in [0.717, 1.165) is 24.8 Å². The van der Waals surface area contributed by atoms with Crippen molar-refractivity contribution in [1.29, 1.82) is 0 Å². The summed E-state index contributed by atoms with van der Waals surface area (Å²) in [7, 11) is 1.81. The molecule has 0 fully saturated rings. The molecule has 1 aromatic carbocycles. The highest BCUT2D eigenvalue weighted by Crippen LogP contribution is 2.16. The van der Waals surface area contributed by atoms with Gasteiger partial charge in [0.25, 0.3) is 0 Å². The molecule has 0 saturated heterocycles. The Morgan fingerprint density at radius 1 is 0.917 bits per heavy atom. The lowest BCUT2D eigenvalue weighted by Gasteiger charge is -2.33. The number of carbonyl (C=O) groups excluding carboxylic acids is 3. The first-order valence-corrected chi connectivity index (χ1v) is 13.6. The molecule has 0 bridgehead atoms. The summed E-state index contributed by atoms with van der Waals surface area (Å²) in [6.45, 7) is 14.0. The van der Waals surface area contributed by atoms with Crippen LogP contribution in [0.5, 0.6) is 0 Å². The number of carbonyl (C=O) groups is 3. The molecule has 1 aromatic rings. The predicted molar refractivity (Wildman–Crippen MR) is 147 cm³/mol. The first-order chi connectivity index (χ1) is 17.0. The highest BCUT2D eigenvalue weighted by molar-refractivity contribution is 5.88. The average Bonchev–Trinajstić information content (AvgIpc) is 2.86. The van der Waals surface area contributed by atoms with E-state index >= 15 is 0 Å². The van der Waals surface area contributed by atoms with Gasteiger partial charge in [0.1, 0.15) is 6.04 Å². The van der Waals surface area contributed by atoms with Gasteiger partial charge in [-0.05, 0) is 36.7 Å². The van der Waals surface area contributed by atoms with Crippen LogP contribution in [0.3, 0.4) is 0 Å². The molecule has 1 rings (SSSR count). The van der Waals surface area contributed by atoms with Crippen molar-refractivity contribution in [2.75, 3.05) is 7.05 Å². The summed E-state index contributed by atoms with van der Waals surface area (Å²) in [6.07, 6.45) is 3.03. The maximum Gasteiger partial charge on any atom is 0.245 e. The van der Waals surface area contributed by atoms with Crippen LogP contribution >= 0.6 is 0 Å². The fourth-order valence-corrected chi connectivity index (χ4v) is 4.30. The van der Waals surface area contributed by atoms with Gasteiger partial charge in [-0.1, -0.05) is 85.2 Å². The molecule has 0 aliphatic heterocycles. The Bertz CT molecular complexity index is 810. The number of nitrogens with one attached hydrogen (secondary N) is 2. The smallest absolute Gasteiger partial charge is 0.245 e. The van der Waals surface area contributed by atoms with E-state index in [1.807, 2.05) is 72.0 Å². The summed E-state index contributed by atoms with van der Waals surface area (Å²) in [5.74, 6) is -0.404. The van der Waals surface area contributed by atoms with Gasteiger partial charge in [-0.3, -0.25) is 14.4 Å². The van der Waals surface area contributed by atoms with Crippen LogP contribution in [0.15, 0.2) is 30.3 Å². The molecule has 36 heavy (non-hydrogen) atoms. The van der Waals surface area contributed by atoms with Crippen LogP contribution in [0.2, 0.25) is 0 Å². The predicted octanol–water partition coefficient (Wildman–Crippen LogP) is 3.90. The Morgan fingerprint density at radius 2 is 1.50 bits per heavy atom. The molecule has 0 aliphatic carbocycles. The third-order valence-electron chi connectivity index (χ3n) is 7.61. The number of hydrogen-bond donors (Lipinski definition) is 3. The normalized spacial score (nSPS) is 15.6. The zero-order chi connectivity index (χ0) is 27.4. The van der Waals surface area contributed by atoms with Gasteiger partial charge in [0.2, 0.25) is 17.7 Å². The Hall–Kier alpha value is -2.41. The summed E-state index contributed by atoms with van der Waals surface area (Å²) in [5.41, 5.74) is 7.57. The van der Waals surface area contributed by atoms with E-state index in [0.29, 0.717) is 6.42 Å². The van der Waals surface area contributed by atoms with Gasteiger partial charge in [0.05, 0.1) is 0 Å². The zero-order valence-corrected chi connectivity index (χ0v) is 23.7. The monoisotopic (exact) mass is 502 g/mol. The van der Waals surface area contributed by atoms with Gasteiger partial charge in [-0.15, -0.1) is 0 Å². The van der Waals surface area contributed by atoms with Crippen molar-refractivity contribution in [2.45, 2.75) is 105 Å². The van der Waals surface area contributed by atoms with Crippen LogP contribution in [0.4, 0.5) is 0 Å². The van der Waals surface area contributed by atoms with Crippen LogP contribution in [-0.2, 0) is 20.8 Å². The average molecular weight is 503 g/mol. The molecule has 5 atom stereocenters. The lowest BCUT2D eigenvalue weighted by atomic mass is 9.93. The summed E-state index contributed by atoms with van der Waals surface area (Å²) in [4.78, 5) is 41.1. The zero-order valence-electron chi connectivity index (χ0n) is 23.7. The van der Waals surface area contributed by atoms with Crippen LogP contribution < -0.4 is 16.4 Å². The van der Waals surface area contributed by atoms with Crippen molar-refractivity contribution in [3.05, 3.63) is 35.9 Å². The summed E-state index contributed by atoms with van der Waals surface area (Å²) >= 11 is 0. The number of nitrogens with two attached hydrogens (primary N) is 1. The van der Waals surface area contributed by atoms with Gasteiger partial charge >= 0.3 is 0 Å². The third-order valence-corrected chi connectivity index (χ3v) is 7.61. The molecule has 0 saturated carbocycles. The quantitative estimate of drug-likeness (QED) is 0.338. The summed E-state index contributed by atoms with van der Waals surface area (Å²) < 4.78 is 0. The molecule has 0 heterocycles. The lowest BCUT2D eigenvalue weighted by molar-refractivity contribution is -0.138. The van der Waals surface area contributed by atoms with E-state index in [2.05, 4.69) is 24.5 Å². The van der Waals surface area contributed by atoms with E-state index in [1.165, 1.54) is 0 Å². The van der Waals surface area contributed by atoms with E-state index in [-0.39, 0.29) is 47.9 Å². The number of nitrogens with zero attached hydrogens (tertiary/aromatic N) is 1. The van der Waals surface area contributed by atoms with Crippen molar-refractivity contribution in [3.8, 4) is 0 Å². The maximum atomic E-state index is 13.3. The standard InChI is InChI=1S/C29H50N4O3/c1-9-20(6)27(29(36)33(8)23(10-2)11-3)32-26(34)18-24(30)25(17-22-15-13-12-14-16-22)31-28(35)21(7)19(4)5/h12-16,19-21,23-25,27H,9-11,17-18,30H2,1-8H3,(H,31,35)(H,32,34)/t20-,21?,24-,25?,27?/m0/s1. The van der Waals surface area contributed by atoms with Gasteiger partial charge in [-0.2, -0.15) is 0 Å². The van der Waals surface area contributed by atoms with Crippen molar-refractivity contribution in [1.82, 2.24) is 15.5 Å². The van der Waals surface area contributed by atoms with Crippen LogP contribution in [0.1, 0.15) is 79.7 Å². The summed E-state index contributed by atoms with van der Waals surface area (Å²) in [6, 6.07) is 8.33. The van der Waals surface area contributed by atoms with Crippen molar-refractivity contribution in [2.24, 2.45) is 23.5 Å². The fraction of sp³-hybridized carbons (Fsp3) is 0.690. The number of benzene rings is 1.